The Balaban J connectivity index is 2.72. The Bertz CT molecular complexity index is 280. The van der Waals surface area contributed by atoms with E-state index in [-0.39, 0.29) is 5.78 Å². The van der Waals surface area contributed by atoms with Crippen molar-refractivity contribution in [1.29, 1.82) is 0 Å². The summed E-state index contributed by atoms with van der Waals surface area (Å²) in [7, 11) is 1.40. The highest BCUT2D eigenvalue weighted by molar-refractivity contribution is 6.35. The molecular formula is C9H9NO2. The van der Waals surface area contributed by atoms with E-state index in [0.717, 1.165) is 6.21 Å². The highest BCUT2D eigenvalue weighted by atomic mass is 16.6. The summed E-state index contributed by atoms with van der Waals surface area (Å²) >= 11 is 0. The third kappa shape index (κ3) is 2.20. The van der Waals surface area contributed by atoms with Crippen LogP contribution in [0, 0.1) is 0 Å². The molecule has 0 saturated heterocycles. The summed E-state index contributed by atoms with van der Waals surface area (Å²) in [6.45, 7) is 0. The van der Waals surface area contributed by atoms with Crippen molar-refractivity contribution in [1.82, 2.24) is 0 Å². The molecule has 0 aliphatic heterocycles. The fourth-order valence-corrected chi connectivity index (χ4v) is 0.778. The first-order chi connectivity index (χ1) is 5.84. The summed E-state index contributed by atoms with van der Waals surface area (Å²) in [5.74, 6) is -0.155. The molecule has 0 aliphatic carbocycles. The molecule has 0 atom stereocenters. The minimum atomic E-state index is -0.155. The topological polar surface area (TPSA) is 38.7 Å². The molecule has 0 heterocycles. The molecule has 3 heteroatoms. The van der Waals surface area contributed by atoms with Gasteiger partial charge in [0.15, 0.2) is 0 Å². The lowest BCUT2D eigenvalue weighted by molar-refractivity contribution is 0.106. The molecular weight excluding hydrogens is 154 g/mol. The van der Waals surface area contributed by atoms with Gasteiger partial charge in [-0.3, -0.25) is 4.79 Å². The van der Waals surface area contributed by atoms with Crippen LogP contribution in [0.4, 0.5) is 0 Å². The Morgan fingerprint density at radius 1 is 1.42 bits per heavy atom. The second-order valence-electron chi connectivity index (χ2n) is 2.15. The van der Waals surface area contributed by atoms with Gasteiger partial charge in [-0.15, -0.1) is 0 Å². The van der Waals surface area contributed by atoms with Crippen LogP contribution in [0.1, 0.15) is 10.4 Å². The van der Waals surface area contributed by atoms with Crippen molar-refractivity contribution < 1.29 is 9.63 Å². The molecule has 3 nitrogen and oxygen atoms in total. The van der Waals surface area contributed by atoms with E-state index in [0.29, 0.717) is 5.56 Å². The Labute approximate surface area is 70.7 Å². The van der Waals surface area contributed by atoms with Gasteiger partial charge >= 0.3 is 0 Å². The van der Waals surface area contributed by atoms with Crippen molar-refractivity contribution in [2.75, 3.05) is 7.11 Å². The zero-order chi connectivity index (χ0) is 8.81. The van der Waals surface area contributed by atoms with Gasteiger partial charge in [0.1, 0.15) is 13.3 Å². The summed E-state index contributed by atoms with van der Waals surface area (Å²) in [5.41, 5.74) is 0.610. The highest BCUT2D eigenvalue weighted by Crippen LogP contribution is 1.97. The molecule has 0 aliphatic rings. The highest BCUT2D eigenvalue weighted by Gasteiger charge is 1.99. The average molecular weight is 163 g/mol. The largest absolute Gasteiger partial charge is 0.399 e. The number of rotatable bonds is 3. The van der Waals surface area contributed by atoms with E-state index in [1.54, 1.807) is 24.3 Å². The van der Waals surface area contributed by atoms with E-state index < -0.39 is 0 Å². The molecule has 0 bridgehead atoms. The molecule has 1 aromatic rings. The summed E-state index contributed by atoms with van der Waals surface area (Å²) < 4.78 is 0. The van der Waals surface area contributed by atoms with Crippen LogP contribution in [0.2, 0.25) is 0 Å². The zero-order valence-electron chi connectivity index (χ0n) is 6.73. The van der Waals surface area contributed by atoms with Crippen molar-refractivity contribution in [2.24, 2.45) is 5.16 Å². The Morgan fingerprint density at radius 2 is 2.08 bits per heavy atom. The van der Waals surface area contributed by atoms with Gasteiger partial charge in [-0.2, -0.15) is 0 Å². The van der Waals surface area contributed by atoms with Gasteiger partial charge in [0, 0.05) is 5.56 Å². The number of oxime groups is 1. The Hall–Kier alpha value is -1.64. The monoisotopic (exact) mass is 163 g/mol. The van der Waals surface area contributed by atoms with Crippen molar-refractivity contribution in [3.8, 4) is 0 Å². The maximum absolute atomic E-state index is 11.2. The molecule has 0 amide bonds. The van der Waals surface area contributed by atoms with E-state index in [9.17, 15) is 4.79 Å². The van der Waals surface area contributed by atoms with Gasteiger partial charge in [-0.05, 0) is 0 Å². The van der Waals surface area contributed by atoms with Crippen molar-refractivity contribution >= 4 is 12.0 Å². The first-order valence-electron chi connectivity index (χ1n) is 3.50. The molecule has 1 aromatic carbocycles. The molecule has 0 saturated carbocycles. The predicted molar refractivity (Wildman–Crippen MR) is 46.3 cm³/mol. The maximum Gasteiger partial charge on any atom is 0.207 e. The molecule has 0 fully saturated rings. The van der Waals surface area contributed by atoms with E-state index in [1.165, 1.54) is 7.11 Å². The van der Waals surface area contributed by atoms with Gasteiger partial charge in [0.05, 0.1) is 0 Å². The van der Waals surface area contributed by atoms with E-state index in [4.69, 9.17) is 0 Å². The first kappa shape index (κ1) is 8.46. The fraction of sp³-hybridized carbons (Fsp3) is 0.111. The van der Waals surface area contributed by atoms with Crippen LogP contribution in [-0.4, -0.2) is 19.1 Å². The van der Waals surface area contributed by atoms with Gasteiger partial charge in [0.25, 0.3) is 0 Å². The number of benzene rings is 1. The quantitative estimate of drug-likeness (QED) is 0.385. The van der Waals surface area contributed by atoms with Gasteiger partial charge in [-0.1, -0.05) is 35.5 Å². The molecule has 0 radical (unpaired) electrons. The maximum atomic E-state index is 11.2. The number of hydrogen-bond acceptors (Lipinski definition) is 3. The average Bonchev–Trinajstić information content (AvgIpc) is 2.15. The summed E-state index contributed by atoms with van der Waals surface area (Å²) in [4.78, 5) is 15.6. The zero-order valence-corrected chi connectivity index (χ0v) is 6.73. The van der Waals surface area contributed by atoms with Crippen LogP contribution in [0.5, 0.6) is 0 Å². The normalized spacial score (nSPS) is 10.1. The summed E-state index contributed by atoms with van der Waals surface area (Å²) in [6.07, 6.45) is 1.15. The summed E-state index contributed by atoms with van der Waals surface area (Å²) in [5, 5.41) is 3.37. The van der Waals surface area contributed by atoms with Crippen LogP contribution < -0.4 is 0 Å². The van der Waals surface area contributed by atoms with Crippen LogP contribution in [0.25, 0.3) is 0 Å². The van der Waals surface area contributed by atoms with Crippen LogP contribution in [0.15, 0.2) is 35.5 Å². The molecule has 0 unspecified atom stereocenters. The smallest absolute Gasteiger partial charge is 0.207 e. The molecule has 0 spiro atoms. The molecule has 0 aromatic heterocycles. The fourth-order valence-electron chi connectivity index (χ4n) is 0.778. The van der Waals surface area contributed by atoms with E-state index in [1.807, 2.05) is 6.07 Å². The van der Waals surface area contributed by atoms with Gasteiger partial charge in [-0.25, -0.2) is 0 Å². The third-order valence-corrected chi connectivity index (χ3v) is 1.33. The lowest BCUT2D eigenvalue weighted by Gasteiger charge is -1.91. The standard InChI is InChI=1S/C9H9NO2/c1-12-10-7-9(11)8-5-3-2-4-6-8/h2-7H,1H3/b10-7+. The van der Waals surface area contributed by atoms with Crippen molar-refractivity contribution in [3.63, 3.8) is 0 Å². The summed E-state index contributed by atoms with van der Waals surface area (Å²) in [6, 6.07) is 8.90. The predicted octanol–water partition coefficient (Wildman–Crippen LogP) is 1.50. The van der Waals surface area contributed by atoms with Crippen LogP contribution in [-0.2, 0) is 4.84 Å². The molecule has 12 heavy (non-hydrogen) atoms. The van der Waals surface area contributed by atoms with Crippen LogP contribution in [0.3, 0.4) is 0 Å². The molecule has 1 rings (SSSR count). The number of ketones is 1. The number of carbonyl (C=O) groups is 1. The minimum Gasteiger partial charge on any atom is -0.399 e. The lowest BCUT2D eigenvalue weighted by Crippen LogP contribution is -1.99. The first-order valence-corrected chi connectivity index (χ1v) is 3.50. The SMILES string of the molecule is CO/N=C/C(=O)c1ccccc1. The lowest BCUT2D eigenvalue weighted by atomic mass is 10.1. The number of carbonyl (C=O) groups excluding carboxylic acids is 1. The number of nitrogens with zero attached hydrogens (tertiary/aromatic N) is 1. The van der Waals surface area contributed by atoms with Crippen molar-refractivity contribution in [2.45, 2.75) is 0 Å². The van der Waals surface area contributed by atoms with Crippen LogP contribution >= 0.6 is 0 Å². The molecule has 62 valence electrons. The minimum absolute atomic E-state index is 0.155. The van der Waals surface area contributed by atoms with Gasteiger partial charge < -0.3 is 4.84 Å². The second kappa shape index (κ2) is 4.28. The Morgan fingerprint density at radius 3 is 2.67 bits per heavy atom. The third-order valence-electron chi connectivity index (χ3n) is 1.33. The van der Waals surface area contributed by atoms with Crippen molar-refractivity contribution in [3.05, 3.63) is 35.9 Å². The van der Waals surface area contributed by atoms with E-state index in [2.05, 4.69) is 9.99 Å². The number of Topliss-reactive ketones (excluding diaryl/α,β-unsaturated/α-hetero) is 1. The second-order valence-corrected chi connectivity index (χ2v) is 2.15. The Kier molecular flexibility index (Phi) is 3.02. The molecule has 0 N–H and O–H groups in total. The van der Waals surface area contributed by atoms with E-state index >= 15 is 0 Å². The van der Waals surface area contributed by atoms with Gasteiger partial charge in [0.2, 0.25) is 5.78 Å². The number of hydrogen-bond donors (Lipinski definition) is 0.